The summed E-state index contributed by atoms with van der Waals surface area (Å²) in [6, 6.07) is 7.55. The lowest BCUT2D eigenvalue weighted by atomic mass is 10.3. The molecule has 1 rings (SSSR count). The summed E-state index contributed by atoms with van der Waals surface area (Å²) >= 11 is 8.94. The molecule has 0 saturated heterocycles. The molecule has 60 valence electrons. The molecule has 0 bridgehead atoms. The van der Waals surface area contributed by atoms with Crippen LogP contribution in [-0.4, -0.2) is 5.56 Å². The van der Waals surface area contributed by atoms with Crippen LogP contribution in [0.2, 0.25) is 0 Å². The van der Waals surface area contributed by atoms with E-state index in [1.807, 2.05) is 24.3 Å². The molecule has 0 radical (unpaired) electrons. The zero-order valence-corrected chi connectivity index (χ0v) is 8.39. The van der Waals surface area contributed by atoms with Crippen molar-refractivity contribution in [1.29, 1.82) is 0 Å². The lowest BCUT2D eigenvalue weighted by Gasteiger charge is -2.06. The maximum absolute atomic E-state index is 5.62. The topological polar surface area (TPSA) is 9.23 Å². The fraction of sp³-hybridized carbons (Fsp3) is 0.250. The highest BCUT2D eigenvalue weighted by atomic mass is 79.9. The molecule has 0 N–H and O–H groups in total. The lowest BCUT2D eigenvalue weighted by Crippen LogP contribution is -2.01. The second-order valence-electron chi connectivity index (χ2n) is 2.11. The highest BCUT2D eigenvalue weighted by Gasteiger charge is 1.96. The van der Waals surface area contributed by atoms with Crippen LogP contribution in [0.15, 0.2) is 28.7 Å². The van der Waals surface area contributed by atoms with E-state index in [4.69, 9.17) is 16.3 Å². The third-order valence-electron chi connectivity index (χ3n) is 1.11. The van der Waals surface area contributed by atoms with Crippen molar-refractivity contribution < 1.29 is 4.74 Å². The van der Waals surface area contributed by atoms with Crippen LogP contribution >= 0.6 is 27.5 Å². The minimum absolute atomic E-state index is 0.281. The first kappa shape index (κ1) is 8.88. The van der Waals surface area contributed by atoms with Gasteiger partial charge < -0.3 is 4.74 Å². The van der Waals surface area contributed by atoms with Gasteiger partial charge in [0.15, 0.2) is 5.56 Å². The molecule has 0 aromatic heterocycles. The normalized spacial score (nSPS) is 12.6. The lowest BCUT2D eigenvalue weighted by molar-refractivity contribution is 0.301. The second-order valence-corrected chi connectivity index (χ2v) is 3.65. The summed E-state index contributed by atoms with van der Waals surface area (Å²) in [6.07, 6.45) is 0. The molecule has 1 nitrogen and oxygen atoms in total. The van der Waals surface area contributed by atoms with E-state index in [9.17, 15) is 0 Å². The molecule has 0 spiro atoms. The van der Waals surface area contributed by atoms with Crippen molar-refractivity contribution in [2.24, 2.45) is 0 Å². The van der Waals surface area contributed by atoms with Crippen LogP contribution in [0.5, 0.6) is 5.75 Å². The zero-order chi connectivity index (χ0) is 8.27. The predicted molar refractivity (Wildman–Crippen MR) is 50.1 cm³/mol. The number of benzene rings is 1. The highest BCUT2D eigenvalue weighted by Crippen LogP contribution is 2.17. The van der Waals surface area contributed by atoms with Gasteiger partial charge in [-0.15, -0.1) is 0 Å². The number of hydrogen-bond donors (Lipinski definition) is 0. The van der Waals surface area contributed by atoms with Gasteiger partial charge in [-0.3, -0.25) is 0 Å². The van der Waals surface area contributed by atoms with Crippen LogP contribution in [0, 0.1) is 0 Å². The van der Waals surface area contributed by atoms with E-state index in [-0.39, 0.29) is 5.56 Å². The maximum atomic E-state index is 5.62. The van der Waals surface area contributed by atoms with E-state index in [2.05, 4.69) is 15.9 Å². The Balaban J connectivity index is 2.66. The Hall–Kier alpha value is -0.210. The summed E-state index contributed by atoms with van der Waals surface area (Å²) in [6.45, 7) is 1.78. The molecule has 1 unspecified atom stereocenters. The summed E-state index contributed by atoms with van der Waals surface area (Å²) in [5.74, 6) is 0.788. The SMILES string of the molecule is CC(Cl)Oc1ccc(Br)cc1. The fourth-order valence-corrected chi connectivity index (χ4v) is 1.07. The Kier molecular flexibility index (Phi) is 3.21. The molecule has 3 heteroatoms. The van der Waals surface area contributed by atoms with E-state index >= 15 is 0 Å². The predicted octanol–water partition coefficient (Wildman–Crippen LogP) is 3.41. The Bertz CT molecular complexity index is 220. The molecule has 11 heavy (non-hydrogen) atoms. The summed E-state index contributed by atoms with van der Waals surface area (Å²) in [5, 5.41) is 0. The number of ether oxygens (including phenoxy) is 1. The first-order chi connectivity index (χ1) is 5.18. The molecule has 0 fully saturated rings. The smallest absolute Gasteiger partial charge is 0.169 e. The molecule has 0 saturated carbocycles. The minimum atomic E-state index is -0.281. The third kappa shape index (κ3) is 3.12. The van der Waals surface area contributed by atoms with E-state index < -0.39 is 0 Å². The number of halogens is 2. The second kappa shape index (κ2) is 3.98. The van der Waals surface area contributed by atoms with E-state index in [1.54, 1.807) is 6.92 Å². The van der Waals surface area contributed by atoms with Gasteiger partial charge in [0.05, 0.1) is 0 Å². The molecular weight excluding hydrogens is 227 g/mol. The number of hydrogen-bond acceptors (Lipinski definition) is 1. The molecule has 1 aromatic rings. The van der Waals surface area contributed by atoms with Crippen molar-refractivity contribution in [3.63, 3.8) is 0 Å². The van der Waals surface area contributed by atoms with Crippen LogP contribution in [0.1, 0.15) is 6.92 Å². The standard InChI is InChI=1S/C8H8BrClO/c1-6(10)11-8-4-2-7(9)3-5-8/h2-6H,1H3. The van der Waals surface area contributed by atoms with Gasteiger partial charge >= 0.3 is 0 Å². The quantitative estimate of drug-likeness (QED) is 0.714. The zero-order valence-electron chi connectivity index (χ0n) is 6.05. The molecule has 0 aliphatic carbocycles. The van der Waals surface area contributed by atoms with Crippen LogP contribution < -0.4 is 4.74 Å². The first-order valence-electron chi connectivity index (χ1n) is 3.25. The fourth-order valence-electron chi connectivity index (χ4n) is 0.701. The summed E-state index contributed by atoms with van der Waals surface area (Å²) in [7, 11) is 0. The van der Waals surface area contributed by atoms with Gasteiger partial charge in [-0.25, -0.2) is 0 Å². The summed E-state index contributed by atoms with van der Waals surface area (Å²) < 4.78 is 6.25. The van der Waals surface area contributed by atoms with Crippen LogP contribution in [-0.2, 0) is 0 Å². The number of alkyl halides is 1. The molecule has 0 aliphatic heterocycles. The average molecular weight is 236 g/mol. The first-order valence-corrected chi connectivity index (χ1v) is 4.48. The van der Waals surface area contributed by atoms with E-state index in [0.717, 1.165) is 10.2 Å². The van der Waals surface area contributed by atoms with Crippen molar-refractivity contribution in [2.75, 3.05) is 0 Å². The van der Waals surface area contributed by atoms with Crippen molar-refractivity contribution in [3.05, 3.63) is 28.7 Å². The average Bonchev–Trinajstić information content (AvgIpc) is 1.93. The minimum Gasteiger partial charge on any atom is -0.475 e. The summed E-state index contributed by atoms with van der Waals surface area (Å²) in [5.41, 5.74) is -0.281. The number of rotatable bonds is 2. The van der Waals surface area contributed by atoms with Gasteiger partial charge in [0, 0.05) is 4.47 Å². The molecular formula is C8H8BrClO. The summed E-state index contributed by atoms with van der Waals surface area (Å²) in [4.78, 5) is 0. The van der Waals surface area contributed by atoms with Gasteiger partial charge in [-0.2, -0.15) is 0 Å². The van der Waals surface area contributed by atoms with Crippen LogP contribution in [0.3, 0.4) is 0 Å². The van der Waals surface area contributed by atoms with Crippen molar-refractivity contribution in [1.82, 2.24) is 0 Å². The van der Waals surface area contributed by atoms with Crippen molar-refractivity contribution in [3.8, 4) is 5.75 Å². The van der Waals surface area contributed by atoms with Crippen molar-refractivity contribution >= 4 is 27.5 Å². The maximum Gasteiger partial charge on any atom is 0.169 e. The van der Waals surface area contributed by atoms with E-state index in [1.165, 1.54) is 0 Å². The van der Waals surface area contributed by atoms with Crippen LogP contribution in [0.25, 0.3) is 0 Å². The van der Waals surface area contributed by atoms with Gasteiger partial charge in [0.25, 0.3) is 0 Å². The van der Waals surface area contributed by atoms with Crippen LogP contribution in [0.4, 0.5) is 0 Å². The molecule has 1 aromatic carbocycles. The molecule has 1 atom stereocenters. The highest BCUT2D eigenvalue weighted by molar-refractivity contribution is 9.10. The Labute approximate surface area is 79.4 Å². The Morgan fingerprint density at radius 3 is 2.36 bits per heavy atom. The largest absolute Gasteiger partial charge is 0.475 e. The van der Waals surface area contributed by atoms with Gasteiger partial charge in [-0.05, 0) is 31.2 Å². The van der Waals surface area contributed by atoms with Gasteiger partial charge in [0.2, 0.25) is 0 Å². The van der Waals surface area contributed by atoms with Gasteiger partial charge in [0.1, 0.15) is 5.75 Å². The Morgan fingerprint density at radius 2 is 1.91 bits per heavy atom. The van der Waals surface area contributed by atoms with Gasteiger partial charge in [-0.1, -0.05) is 27.5 Å². The Morgan fingerprint density at radius 1 is 1.36 bits per heavy atom. The molecule has 0 amide bonds. The molecule has 0 aliphatic rings. The molecule has 0 heterocycles. The monoisotopic (exact) mass is 234 g/mol. The van der Waals surface area contributed by atoms with E-state index in [0.29, 0.717) is 0 Å². The van der Waals surface area contributed by atoms with Crippen molar-refractivity contribution in [2.45, 2.75) is 12.5 Å². The third-order valence-corrected chi connectivity index (χ3v) is 1.73.